The van der Waals surface area contributed by atoms with Crippen molar-refractivity contribution in [2.45, 2.75) is 26.8 Å². The van der Waals surface area contributed by atoms with Crippen LogP contribution in [0.5, 0.6) is 0 Å². The van der Waals surface area contributed by atoms with E-state index in [4.69, 9.17) is 0 Å². The minimum absolute atomic E-state index is 0.259. The molecule has 2 rings (SSSR count). The second kappa shape index (κ2) is 4.00. The van der Waals surface area contributed by atoms with Gasteiger partial charge < -0.3 is 0 Å². The molecule has 2 heterocycles. The highest BCUT2D eigenvalue weighted by Gasteiger charge is 2.09. The Hall–Kier alpha value is -1.78. The van der Waals surface area contributed by atoms with E-state index in [0.29, 0.717) is 5.69 Å². The number of aromatic nitrogens is 4. The van der Waals surface area contributed by atoms with Gasteiger partial charge in [-0.2, -0.15) is 4.39 Å². The van der Waals surface area contributed by atoms with Crippen molar-refractivity contribution < 1.29 is 4.39 Å². The maximum atomic E-state index is 12.8. The first-order chi connectivity index (χ1) is 7.58. The van der Waals surface area contributed by atoms with Gasteiger partial charge in [0, 0.05) is 11.6 Å². The zero-order valence-corrected chi connectivity index (χ0v) is 9.48. The molecule has 0 aliphatic carbocycles. The van der Waals surface area contributed by atoms with Crippen LogP contribution in [0.1, 0.15) is 25.6 Å². The van der Waals surface area contributed by atoms with E-state index in [-0.39, 0.29) is 6.04 Å². The van der Waals surface area contributed by atoms with Crippen molar-refractivity contribution >= 4 is 0 Å². The molecule has 0 N–H and O–H groups in total. The Bertz CT molecular complexity index is 504. The first-order valence-corrected chi connectivity index (χ1v) is 5.13. The summed E-state index contributed by atoms with van der Waals surface area (Å²) in [5.74, 6) is -0.475. The van der Waals surface area contributed by atoms with E-state index in [9.17, 15) is 4.39 Å². The average molecular weight is 220 g/mol. The molecule has 0 fully saturated rings. The van der Waals surface area contributed by atoms with E-state index >= 15 is 0 Å². The third kappa shape index (κ3) is 1.93. The summed E-state index contributed by atoms with van der Waals surface area (Å²) < 4.78 is 14.6. The van der Waals surface area contributed by atoms with Gasteiger partial charge in [-0.05, 0) is 32.9 Å². The predicted molar refractivity (Wildman–Crippen MR) is 58.3 cm³/mol. The molecule has 2 aromatic rings. The van der Waals surface area contributed by atoms with Gasteiger partial charge in [0.05, 0.1) is 11.9 Å². The average Bonchev–Trinajstić information content (AvgIpc) is 2.66. The molecule has 0 saturated carbocycles. The third-order valence-electron chi connectivity index (χ3n) is 2.37. The fraction of sp³-hybridized carbons (Fsp3) is 0.364. The van der Waals surface area contributed by atoms with Crippen LogP contribution in [0.4, 0.5) is 4.39 Å². The van der Waals surface area contributed by atoms with Crippen molar-refractivity contribution in [2.24, 2.45) is 0 Å². The van der Waals surface area contributed by atoms with E-state index in [0.717, 1.165) is 11.3 Å². The summed E-state index contributed by atoms with van der Waals surface area (Å²) in [5.41, 5.74) is 2.16. The summed E-state index contributed by atoms with van der Waals surface area (Å²) in [5, 5.41) is 8.05. The second-order valence-electron chi connectivity index (χ2n) is 3.94. The summed E-state index contributed by atoms with van der Waals surface area (Å²) in [6, 6.07) is 3.26. The van der Waals surface area contributed by atoms with Crippen LogP contribution < -0.4 is 0 Å². The molecular formula is C11H13FN4. The molecule has 84 valence electrons. The summed E-state index contributed by atoms with van der Waals surface area (Å²) in [6.45, 7) is 5.80. The molecule has 0 atom stereocenters. The van der Waals surface area contributed by atoms with Gasteiger partial charge in [0.2, 0.25) is 5.95 Å². The summed E-state index contributed by atoms with van der Waals surface area (Å²) in [6.07, 6.45) is 1.84. The standard InChI is InChI=1S/C11H13FN4/c1-7(2)16-6-10(14-15-16)9-4-5-11(12)13-8(9)3/h4-7H,1-3H3. The Morgan fingerprint density at radius 1 is 1.31 bits per heavy atom. The topological polar surface area (TPSA) is 43.6 Å². The van der Waals surface area contributed by atoms with E-state index in [1.54, 1.807) is 17.7 Å². The largest absolute Gasteiger partial charge is 0.249 e. The van der Waals surface area contributed by atoms with Crippen LogP contribution in [-0.2, 0) is 0 Å². The first kappa shape index (κ1) is 10.7. The van der Waals surface area contributed by atoms with E-state index in [2.05, 4.69) is 15.3 Å². The molecule has 4 nitrogen and oxygen atoms in total. The Morgan fingerprint density at radius 3 is 2.62 bits per heavy atom. The number of aryl methyl sites for hydroxylation is 1. The molecule has 0 bridgehead atoms. The molecule has 0 radical (unpaired) electrons. The molecule has 16 heavy (non-hydrogen) atoms. The van der Waals surface area contributed by atoms with Crippen LogP contribution in [0, 0.1) is 12.9 Å². The Morgan fingerprint density at radius 2 is 2.06 bits per heavy atom. The Labute approximate surface area is 93.1 Å². The van der Waals surface area contributed by atoms with Crippen molar-refractivity contribution in [3.05, 3.63) is 30.0 Å². The van der Waals surface area contributed by atoms with Gasteiger partial charge in [-0.25, -0.2) is 9.67 Å². The molecule has 0 aliphatic rings. The molecule has 0 spiro atoms. The molecule has 0 amide bonds. The highest BCUT2D eigenvalue weighted by atomic mass is 19.1. The van der Waals surface area contributed by atoms with Crippen LogP contribution in [-0.4, -0.2) is 20.0 Å². The van der Waals surface area contributed by atoms with Crippen molar-refractivity contribution in [2.75, 3.05) is 0 Å². The maximum absolute atomic E-state index is 12.8. The van der Waals surface area contributed by atoms with Crippen LogP contribution in [0.25, 0.3) is 11.3 Å². The number of hydrogen-bond acceptors (Lipinski definition) is 3. The lowest BCUT2D eigenvalue weighted by molar-refractivity contribution is 0.514. The fourth-order valence-electron chi connectivity index (χ4n) is 1.45. The van der Waals surface area contributed by atoms with Gasteiger partial charge >= 0.3 is 0 Å². The zero-order valence-electron chi connectivity index (χ0n) is 9.48. The second-order valence-corrected chi connectivity index (χ2v) is 3.94. The number of pyridine rings is 1. The fourth-order valence-corrected chi connectivity index (χ4v) is 1.45. The van der Waals surface area contributed by atoms with Crippen molar-refractivity contribution in [3.8, 4) is 11.3 Å². The molecule has 2 aromatic heterocycles. The number of nitrogens with zero attached hydrogens (tertiary/aromatic N) is 4. The normalized spacial score (nSPS) is 11.1. The van der Waals surface area contributed by atoms with Gasteiger partial charge in [-0.3, -0.25) is 0 Å². The monoisotopic (exact) mass is 220 g/mol. The smallest absolute Gasteiger partial charge is 0.213 e. The van der Waals surface area contributed by atoms with Gasteiger partial charge in [-0.15, -0.1) is 5.10 Å². The van der Waals surface area contributed by atoms with Gasteiger partial charge in [0.25, 0.3) is 0 Å². The highest BCUT2D eigenvalue weighted by molar-refractivity contribution is 5.60. The number of halogens is 1. The van der Waals surface area contributed by atoms with Crippen molar-refractivity contribution in [1.82, 2.24) is 20.0 Å². The van der Waals surface area contributed by atoms with Crippen LogP contribution in [0.2, 0.25) is 0 Å². The van der Waals surface area contributed by atoms with Crippen LogP contribution in [0.3, 0.4) is 0 Å². The molecule has 0 aliphatic heterocycles. The highest BCUT2D eigenvalue weighted by Crippen LogP contribution is 2.20. The number of rotatable bonds is 2. The lowest BCUT2D eigenvalue weighted by atomic mass is 10.1. The quantitative estimate of drug-likeness (QED) is 0.730. The lowest BCUT2D eigenvalue weighted by Crippen LogP contribution is -2.00. The minimum Gasteiger partial charge on any atom is -0.249 e. The zero-order chi connectivity index (χ0) is 11.7. The van der Waals surface area contributed by atoms with Gasteiger partial charge in [-0.1, -0.05) is 5.21 Å². The van der Waals surface area contributed by atoms with Crippen LogP contribution in [0.15, 0.2) is 18.3 Å². The van der Waals surface area contributed by atoms with Gasteiger partial charge in [0.1, 0.15) is 5.69 Å². The lowest BCUT2D eigenvalue weighted by Gasteiger charge is -2.02. The number of hydrogen-bond donors (Lipinski definition) is 0. The molecule has 0 saturated heterocycles. The van der Waals surface area contributed by atoms with E-state index < -0.39 is 5.95 Å². The molecule has 0 aromatic carbocycles. The predicted octanol–water partition coefficient (Wildman–Crippen LogP) is 2.37. The summed E-state index contributed by atoms with van der Waals surface area (Å²) >= 11 is 0. The Balaban J connectivity index is 2.42. The SMILES string of the molecule is Cc1nc(F)ccc1-c1cn(C(C)C)nn1. The third-order valence-corrected chi connectivity index (χ3v) is 2.37. The molecular weight excluding hydrogens is 207 g/mol. The summed E-state index contributed by atoms with van der Waals surface area (Å²) in [7, 11) is 0. The maximum Gasteiger partial charge on any atom is 0.213 e. The van der Waals surface area contributed by atoms with Crippen LogP contribution >= 0.6 is 0 Å². The van der Waals surface area contributed by atoms with Crippen molar-refractivity contribution in [1.29, 1.82) is 0 Å². The Kier molecular flexibility index (Phi) is 2.68. The van der Waals surface area contributed by atoms with Crippen molar-refractivity contribution in [3.63, 3.8) is 0 Å². The molecule has 5 heteroatoms. The molecule has 0 unspecified atom stereocenters. The summed E-state index contributed by atoms with van der Waals surface area (Å²) in [4.78, 5) is 3.76. The minimum atomic E-state index is -0.475. The first-order valence-electron chi connectivity index (χ1n) is 5.13. The van der Waals surface area contributed by atoms with E-state index in [1.807, 2.05) is 20.0 Å². The van der Waals surface area contributed by atoms with Gasteiger partial charge in [0.15, 0.2) is 0 Å². The van der Waals surface area contributed by atoms with E-state index in [1.165, 1.54) is 6.07 Å².